The van der Waals surface area contributed by atoms with Crippen LogP contribution in [0.15, 0.2) is 16.5 Å². The topological polar surface area (TPSA) is 25.2 Å². The Kier molecular flexibility index (Phi) is 4.44. The fraction of sp³-hybridized carbons (Fsp3) is 0.385. The summed E-state index contributed by atoms with van der Waals surface area (Å²) in [5, 5.41) is 5.52. The smallest absolute Gasteiger partial charge is 0.154 e. The summed E-state index contributed by atoms with van der Waals surface area (Å²) in [4.78, 5) is 0. The highest BCUT2D eigenvalue weighted by molar-refractivity contribution is 6.47. The van der Waals surface area contributed by atoms with Crippen LogP contribution in [0.4, 0.5) is 0 Å². The minimum atomic E-state index is 0.160. The molecule has 0 spiro atoms. The van der Waals surface area contributed by atoms with Crippen molar-refractivity contribution in [3.8, 4) is 0 Å². The molecule has 1 atom stereocenters. The van der Waals surface area contributed by atoms with Gasteiger partial charge in [-0.15, -0.1) is 0 Å². The first-order valence-corrected chi connectivity index (χ1v) is 7.02. The van der Waals surface area contributed by atoms with Crippen LogP contribution in [0.2, 0.25) is 15.1 Å². The summed E-state index contributed by atoms with van der Waals surface area (Å²) in [5.41, 5.74) is 0.595. The van der Waals surface area contributed by atoms with Gasteiger partial charge in [0.25, 0.3) is 0 Å². The Balaban J connectivity index is 2.56. The maximum Gasteiger partial charge on any atom is 0.154 e. The summed E-state index contributed by atoms with van der Waals surface area (Å²) < 4.78 is 5.80. The second-order valence-corrected chi connectivity index (χ2v) is 5.26. The molecule has 0 bridgehead atoms. The van der Waals surface area contributed by atoms with Gasteiger partial charge in [-0.1, -0.05) is 48.7 Å². The number of halogens is 3. The molecule has 0 aliphatic heterocycles. The molecule has 2 nitrogen and oxygen atoms in total. The van der Waals surface area contributed by atoms with E-state index in [1.54, 1.807) is 6.07 Å². The van der Waals surface area contributed by atoms with Crippen molar-refractivity contribution in [3.63, 3.8) is 0 Å². The lowest BCUT2D eigenvalue weighted by Gasteiger charge is -2.11. The van der Waals surface area contributed by atoms with E-state index in [9.17, 15) is 0 Å². The zero-order chi connectivity index (χ0) is 13.3. The number of nitrogens with one attached hydrogen (secondary N) is 1. The molecular weight excluding hydrogens is 293 g/mol. The molecule has 5 heteroatoms. The van der Waals surface area contributed by atoms with E-state index in [0.29, 0.717) is 20.7 Å². The predicted octanol–water partition coefficient (Wildman–Crippen LogP) is 5.45. The molecule has 2 aromatic rings. The number of fused-ring (bicyclic) bond motifs is 1. The minimum Gasteiger partial charge on any atom is -0.458 e. The van der Waals surface area contributed by atoms with Gasteiger partial charge < -0.3 is 9.73 Å². The van der Waals surface area contributed by atoms with Gasteiger partial charge in [-0.25, -0.2) is 0 Å². The van der Waals surface area contributed by atoms with Gasteiger partial charge in [0.1, 0.15) is 5.76 Å². The van der Waals surface area contributed by atoms with Crippen molar-refractivity contribution in [2.75, 3.05) is 6.54 Å². The van der Waals surface area contributed by atoms with Crippen LogP contribution in [-0.4, -0.2) is 6.54 Å². The van der Waals surface area contributed by atoms with E-state index in [1.807, 2.05) is 6.07 Å². The second-order valence-electron chi connectivity index (χ2n) is 4.06. The average Bonchev–Trinajstić information content (AvgIpc) is 2.78. The van der Waals surface area contributed by atoms with Crippen LogP contribution in [0.5, 0.6) is 0 Å². The monoisotopic (exact) mass is 305 g/mol. The molecule has 0 amide bonds. The lowest BCUT2D eigenvalue weighted by atomic mass is 10.1. The normalized spacial score (nSPS) is 13.2. The SMILES string of the molecule is CCNC(CC)c1cc2c(Cl)c(Cl)cc(Cl)c2o1. The number of hydrogen-bond donors (Lipinski definition) is 1. The molecular formula is C13H14Cl3NO. The quantitative estimate of drug-likeness (QED) is 0.759. The summed E-state index contributed by atoms with van der Waals surface area (Å²) >= 11 is 18.3. The van der Waals surface area contributed by atoms with Crippen molar-refractivity contribution >= 4 is 45.8 Å². The number of hydrogen-bond acceptors (Lipinski definition) is 2. The van der Waals surface area contributed by atoms with Crippen molar-refractivity contribution < 1.29 is 4.42 Å². The van der Waals surface area contributed by atoms with E-state index in [1.165, 1.54) is 0 Å². The van der Waals surface area contributed by atoms with Crippen molar-refractivity contribution in [3.05, 3.63) is 33.0 Å². The van der Waals surface area contributed by atoms with E-state index >= 15 is 0 Å². The van der Waals surface area contributed by atoms with E-state index in [-0.39, 0.29) is 6.04 Å². The van der Waals surface area contributed by atoms with Crippen LogP contribution in [0.1, 0.15) is 32.1 Å². The van der Waals surface area contributed by atoms with Crippen LogP contribution in [-0.2, 0) is 0 Å². The largest absolute Gasteiger partial charge is 0.458 e. The molecule has 1 aromatic heterocycles. The van der Waals surface area contributed by atoms with Crippen LogP contribution < -0.4 is 5.32 Å². The Morgan fingerprint density at radius 1 is 1.17 bits per heavy atom. The van der Waals surface area contributed by atoms with Gasteiger partial charge in [0, 0.05) is 5.39 Å². The van der Waals surface area contributed by atoms with Gasteiger partial charge >= 0.3 is 0 Å². The number of furan rings is 1. The lowest BCUT2D eigenvalue weighted by molar-refractivity contribution is 0.428. The molecule has 0 saturated carbocycles. The van der Waals surface area contributed by atoms with E-state index in [0.717, 1.165) is 24.1 Å². The molecule has 1 N–H and O–H groups in total. The second kappa shape index (κ2) is 5.70. The summed E-state index contributed by atoms with van der Waals surface area (Å²) in [6, 6.07) is 3.68. The molecule has 1 aromatic carbocycles. The first kappa shape index (κ1) is 14.0. The highest BCUT2D eigenvalue weighted by atomic mass is 35.5. The Labute approximate surface area is 121 Å². The van der Waals surface area contributed by atoms with Crippen LogP contribution in [0.3, 0.4) is 0 Å². The Morgan fingerprint density at radius 3 is 2.50 bits per heavy atom. The molecule has 0 radical (unpaired) electrons. The van der Waals surface area contributed by atoms with Gasteiger partial charge in [-0.2, -0.15) is 0 Å². The fourth-order valence-electron chi connectivity index (χ4n) is 1.98. The number of benzene rings is 1. The van der Waals surface area contributed by atoms with Crippen molar-refractivity contribution in [2.24, 2.45) is 0 Å². The third-order valence-corrected chi connectivity index (χ3v) is 3.95. The standard InChI is InChI=1S/C13H14Cl3NO/c1-3-10(17-4-2)11-5-7-12(16)8(14)6-9(15)13(7)18-11/h5-6,10,17H,3-4H2,1-2H3. The van der Waals surface area contributed by atoms with E-state index in [4.69, 9.17) is 39.2 Å². The zero-order valence-corrected chi connectivity index (χ0v) is 12.5. The van der Waals surface area contributed by atoms with Crippen LogP contribution in [0.25, 0.3) is 11.0 Å². The van der Waals surface area contributed by atoms with Crippen molar-refractivity contribution in [1.29, 1.82) is 0 Å². The zero-order valence-electron chi connectivity index (χ0n) is 10.2. The average molecular weight is 307 g/mol. The molecule has 0 fully saturated rings. The summed E-state index contributed by atoms with van der Waals surface area (Å²) in [5.74, 6) is 0.834. The van der Waals surface area contributed by atoms with Crippen molar-refractivity contribution in [1.82, 2.24) is 5.32 Å². The third kappa shape index (κ3) is 2.48. The minimum absolute atomic E-state index is 0.160. The highest BCUT2D eigenvalue weighted by Gasteiger charge is 2.18. The van der Waals surface area contributed by atoms with Crippen LogP contribution in [0, 0.1) is 0 Å². The fourth-order valence-corrected chi connectivity index (χ4v) is 2.69. The van der Waals surface area contributed by atoms with Gasteiger partial charge in [0.05, 0.1) is 21.1 Å². The molecule has 98 valence electrons. The third-order valence-electron chi connectivity index (χ3n) is 2.87. The number of rotatable bonds is 4. The van der Waals surface area contributed by atoms with Gasteiger partial charge in [-0.05, 0) is 25.1 Å². The maximum absolute atomic E-state index is 6.17. The first-order valence-electron chi connectivity index (χ1n) is 5.88. The van der Waals surface area contributed by atoms with E-state index < -0.39 is 0 Å². The Hall–Kier alpha value is -0.410. The highest BCUT2D eigenvalue weighted by Crippen LogP contribution is 2.39. The molecule has 0 saturated heterocycles. The molecule has 0 aliphatic carbocycles. The van der Waals surface area contributed by atoms with Crippen molar-refractivity contribution in [2.45, 2.75) is 26.3 Å². The summed E-state index contributed by atoms with van der Waals surface area (Å²) in [6.07, 6.45) is 0.927. The molecule has 2 rings (SSSR count). The Morgan fingerprint density at radius 2 is 1.89 bits per heavy atom. The Bertz CT molecular complexity index is 565. The molecule has 18 heavy (non-hydrogen) atoms. The van der Waals surface area contributed by atoms with Gasteiger partial charge in [-0.3, -0.25) is 0 Å². The van der Waals surface area contributed by atoms with E-state index in [2.05, 4.69) is 19.2 Å². The maximum atomic E-state index is 6.17. The predicted molar refractivity (Wildman–Crippen MR) is 78.0 cm³/mol. The first-order chi connectivity index (χ1) is 8.58. The molecule has 1 heterocycles. The van der Waals surface area contributed by atoms with Gasteiger partial charge in [0.2, 0.25) is 0 Å². The van der Waals surface area contributed by atoms with Crippen LogP contribution >= 0.6 is 34.8 Å². The lowest BCUT2D eigenvalue weighted by Crippen LogP contribution is -2.19. The molecule has 0 aliphatic rings. The summed E-state index contributed by atoms with van der Waals surface area (Å²) in [6.45, 7) is 5.02. The summed E-state index contributed by atoms with van der Waals surface area (Å²) in [7, 11) is 0. The molecule has 1 unspecified atom stereocenters. The van der Waals surface area contributed by atoms with Gasteiger partial charge in [0.15, 0.2) is 5.58 Å².